The maximum Gasteiger partial charge on any atom is 1.00 e. The normalized spacial score (nSPS) is 20.6. The van der Waals surface area contributed by atoms with E-state index in [1.54, 1.807) is 0 Å². The van der Waals surface area contributed by atoms with Gasteiger partial charge in [-0.3, -0.25) is 0 Å². The molecule has 0 bridgehead atoms. The Kier molecular flexibility index (Phi) is 7.12. The van der Waals surface area contributed by atoms with E-state index in [1.807, 2.05) is 0 Å². The minimum Gasteiger partial charge on any atom is -1.00 e. The molecule has 1 rings (SSSR count). The first-order valence-corrected chi connectivity index (χ1v) is 3.00. The monoisotopic (exact) mass is 124 g/mol. The average molecular weight is 124 g/mol. The summed E-state index contributed by atoms with van der Waals surface area (Å²) >= 11 is 0. The van der Waals surface area contributed by atoms with Crippen LogP contribution in [0.1, 0.15) is 40.0 Å². The standard InChI is InChI=1S/C6H12.K.H/c1-2-4-6-5-3-1;;/h1-6H2;;/q;+1;-1. The Morgan fingerprint density at radius 1 is 0.571 bits per heavy atom. The summed E-state index contributed by atoms with van der Waals surface area (Å²) < 4.78 is 0. The maximum absolute atomic E-state index is 1.50. The quantitative estimate of drug-likeness (QED) is 0.380. The number of rotatable bonds is 0. The second-order valence-electron chi connectivity index (χ2n) is 2.12. The van der Waals surface area contributed by atoms with Crippen LogP contribution in [-0.2, 0) is 0 Å². The summed E-state index contributed by atoms with van der Waals surface area (Å²) in [6.45, 7) is 0. The summed E-state index contributed by atoms with van der Waals surface area (Å²) in [6, 6.07) is 0. The molecule has 0 spiro atoms. The summed E-state index contributed by atoms with van der Waals surface area (Å²) in [7, 11) is 0. The van der Waals surface area contributed by atoms with Crippen molar-refractivity contribution in [3.63, 3.8) is 0 Å². The van der Waals surface area contributed by atoms with Crippen molar-refractivity contribution in [1.82, 2.24) is 0 Å². The van der Waals surface area contributed by atoms with E-state index >= 15 is 0 Å². The van der Waals surface area contributed by atoms with Gasteiger partial charge < -0.3 is 1.43 Å². The second kappa shape index (κ2) is 5.77. The summed E-state index contributed by atoms with van der Waals surface area (Å²) in [6.07, 6.45) is 9.00. The van der Waals surface area contributed by atoms with Gasteiger partial charge >= 0.3 is 51.4 Å². The fourth-order valence-corrected chi connectivity index (χ4v) is 1.06. The zero-order valence-electron chi connectivity index (χ0n) is 6.24. The Morgan fingerprint density at radius 2 is 0.714 bits per heavy atom. The van der Waals surface area contributed by atoms with Crippen molar-refractivity contribution in [1.29, 1.82) is 0 Å². The van der Waals surface area contributed by atoms with E-state index in [4.69, 9.17) is 0 Å². The SMILES string of the molecule is C1CCCCC1.[H-].[K+]. The fourth-order valence-electron chi connectivity index (χ4n) is 1.06. The first kappa shape index (κ1) is 8.64. The molecule has 7 heavy (non-hydrogen) atoms. The van der Waals surface area contributed by atoms with Crippen LogP contribution in [0.15, 0.2) is 0 Å². The van der Waals surface area contributed by atoms with Gasteiger partial charge in [-0.25, -0.2) is 0 Å². The molecule has 0 saturated heterocycles. The van der Waals surface area contributed by atoms with Gasteiger partial charge in [-0.2, -0.15) is 0 Å². The van der Waals surface area contributed by atoms with E-state index in [-0.39, 0.29) is 52.8 Å². The topological polar surface area (TPSA) is 0 Å². The molecule has 38 valence electrons. The molecule has 0 radical (unpaired) electrons. The van der Waals surface area contributed by atoms with Gasteiger partial charge in [-0.1, -0.05) is 38.5 Å². The Hall–Kier alpha value is 1.64. The van der Waals surface area contributed by atoms with Gasteiger partial charge in [0.05, 0.1) is 0 Å². The van der Waals surface area contributed by atoms with Gasteiger partial charge in [0.2, 0.25) is 0 Å². The molecule has 1 fully saturated rings. The smallest absolute Gasteiger partial charge is 1.00 e. The molecular weight excluding hydrogens is 111 g/mol. The molecule has 0 aromatic carbocycles. The maximum atomic E-state index is 1.50. The van der Waals surface area contributed by atoms with Crippen LogP contribution in [0.25, 0.3) is 0 Å². The van der Waals surface area contributed by atoms with Crippen LogP contribution in [0.3, 0.4) is 0 Å². The third-order valence-electron chi connectivity index (χ3n) is 1.50. The predicted molar refractivity (Wildman–Crippen MR) is 28.8 cm³/mol. The molecule has 1 aliphatic rings. The zero-order chi connectivity index (χ0) is 4.24. The van der Waals surface area contributed by atoms with Crippen molar-refractivity contribution >= 4 is 0 Å². The number of hydrogen-bond donors (Lipinski definition) is 0. The molecule has 1 heteroatoms. The van der Waals surface area contributed by atoms with E-state index in [0.29, 0.717) is 0 Å². The Bertz CT molecular complexity index is 24.0. The molecule has 0 nitrogen and oxygen atoms in total. The van der Waals surface area contributed by atoms with Crippen LogP contribution in [-0.4, -0.2) is 0 Å². The van der Waals surface area contributed by atoms with Crippen LogP contribution in [0.4, 0.5) is 0 Å². The van der Waals surface area contributed by atoms with Crippen molar-refractivity contribution < 1.29 is 52.8 Å². The molecule has 0 atom stereocenters. The van der Waals surface area contributed by atoms with Crippen molar-refractivity contribution in [2.75, 3.05) is 0 Å². The number of hydrogen-bond acceptors (Lipinski definition) is 0. The molecule has 0 aromatic rings. The summed E-state index contributed by atoms with van der Waals surface area (Å²) in [4.78, 5) is 0. The molecule has 0 heterocycles. The van der Waals surface area contributed by atoms with Gasteiger partial charge in [0.15, 0.2) is 0 Å². The first-order valence-electron chi connectivity index (χ1n) is 3.00. The largest absolute Gasteiger partial charge is 1.00 e. The minimum absolute atomic E-state index is 0. The zero-order valence-corrected chi connectivity index (χ0v) is 8.37. The molecule has 0 aliphatic heterocycles. The van der Waals surface area contributed by atoms with Gasteiger partial charge in [-0.15, -0.1) is 0 Å². The van der Waals surface area contributed by atoms with Crippen molar-refractivity contribution in [2.45, 2.75) is 38.5 Å². The average Bonchev–Trinajstić information content (AvgIpc) is 1.72. The third kappa shape index (κ3) is 4.16. The molecule has 0 unspecified atom stereocenters. The fraction of sp³-hybridized carbons (Fsp3) is 1.00. The molecule has 0 amide bonds. The third-order valence-corrected chi connectivity index (χ3v) is 1.50. The van der Waals surface area contributed by atoms with Gasteiger partial charge in [0.25, 0.3) is 0 Å². The first-order chi connectivity index (χ1) is 3.00. The Labute approximate surface area is 90.0 Å². The van der Waals surface area contributed by atoms with E-state index in [9.17, 15) is 0 Å². The van der Waals surface area contributed by atoms with Crippen LogP contribution >= 0.6 is 0 Å². The van der Waals surface area contributed by atoms with Crippen molar-refractivity contribution in [2.24, 2.45) is 0 Å². The van der Waals surface area contributed by atoms with Gasteiger partial charge in [0, 0.05) is 0 Å². The summed E-state index contributed by atoms with van der Waals surface area (Å²) in [5, 5.41) is 0. The van der Waals surface area contributed by atoms with E-state index in [0.717, 1.165) is 0 Å². The second-order valence-corrected chi connectivity index (χ2v) is 2.12. The van der Waals surface area contributed by atoms with Gasteiger partial charge in [0.1, 0.15) is 0 Å². The minimum atomic E-state index is 0. The van der Waals surface area contributed by atoms with Crippen LogP contribution in [0, 0.1) is 0 Å². The van der Waals surface area contributed by atoms with Crippen LogP contribution < -0.4 is 51.4 Å². The molecule has 1 aliphatic carbocycles. The summed E-state index contributed by atoms with van der Waals surface area (Å²) in [5.74, 6) is 0. The Balaban J connectivity index is 0. The van der Waals surface area contributed by atoms with E-state index in [2.05, 4.69) is 0 Å². The van der Waals surface area contributed by atoms with Gasteiger partial charge in [-0.05, 0) is 0 Å². The van der Waals surface area contributed by atoms with E-state index < -0.39 is 0 Å². The molecule has 0 aromatic heterocycles. The van der Waals surface area contributed by atoms with Crippen molar-refractivity contribution in [3.8, 4) is 0 Å². The molecule has 1 saturated carbocycles. The van der Waals surface area contributed by atoms with Crippen LogP contribution in [0.2, 0.25) is 0 Å². The summed E-state index contributed by atoms with van der Waals surface area (Å²) in [5.41, 5.74) is 0. The Morgan fingerprint density at radius 3 is 0.857 bits per heavy atom. The van der Waals surface area contributed by atoms with Crippen molar-refractivity contribution in [3.05, 3.63) is 0 Å². The van der Waals surface area contributed by atoms with E-state index in [1.165, 1.54) is 38.5 Å². The van der Waals surface area contributed by atoms with Crippen LogP contribution in [0.5, 0.6) is 0 Å². The molecular formula is C6H13K. The molecule has 0 N–H and O–H groups in total. The predicted octanol–water partition coefficient (Wildman–Crippen LogP) is -0.543.